The van der Waals surface area contributed by atoms with Crippen LogP contribution in [0.3, 0.4) is 0 Å². The molecule has 4 heterocycles. The van der Waals surface area contributed by atoms with Crippen LogP contribution >= 0.6 is 22.9 Å². The van der Waals surface area contributed by atoms with Gasteiger partial charge in [0.05, 0.1) is 39.1 Å². The number of hydrogen-bond acceptors (Lipinski definition) is 8. The molecule has 3 aromatic rings. The number of piperidine rings is 1. The second-order valence-electron chi connectivity index (χ2n) is 9.59. The molecule has 2 saturated heterocycles. The number of urea groups is 1. The van der Waals surface area contributed by atoms with Crippen LogP contribution in [0.2, 0.25) is 5.02 Å². The summed E-state index contributed by atoms with van der Waals surface area (Å²) in [6.07, 6.45) is 2.69. The summed E-state index contributed by atoms with van der Waals surface area (Å²) < 4.78 is 36.5. The Bertz CT molecular complexity index is 1690. The van der Waals surface area contributed by atoms with Crippen LogP contribution in [0, 0.1) is 34.3 Å². The van der Waals surface area contributed by atoms with Crippen molar-refractivity contribution in [1.29, 1.82) is 10.7 Å². The Labute approximate surface area is 235 Å². The van der Waals surface area contributed by atoms with E-state index in [1.54, 1.807) is 4.90 Å². The average molecular weight is 584 g/mol. The van der Waals surface area contributed by atoms with Gasteiger partial charge in [0.15, 0.2) is 5.75 Å². The predicted octanol–water partition coefficient (Wildman–Crippen LogP) is 4.21. The van der Waals surface area contributed by atoms with Gasteiger partial charge in [-0.05, 0) is 24.1 Å². The minimum Gasteiger partial charge on any atom is -0.489 e. The van der Waals surface area contributed by atoms with E-state index in [0.717, 1.165) is 35.9 Å². The van der Waals surface area contributed by atoms with Gasteiger partial charge in [-0.2, -0.15) is 10.4 Å². The molecule has 2 fully saturated rings. The molecule has 0 radical (unpaired) electrons. The fraction of sp³-hybridized carbons (Fsp3) is 0.269. The molecule has 0 saturated carbocycles. The number of ether oxygens (including phenoxy) is 1. The van der Waals surface area contributed by atoms with Crippen LogP contribution in [0.15, 0.2) is 23.3 Å². The van der Waals surface area contributed by atoms with Crippen molar-refractivity contribution in [3.63, 3.8) is 0 Å². The Hall–Kier alpha value is -4.28. The van der Waals surface area contributed by atoms with Crippen molar-refractivity contribution in [2.45, 2.75) is 18.5 Å². The minimum absolute atomic E-state index is 0.00368. The monoisotopic (exact) mass is 583 g/mol. The van der Waals surface area contributed by atoms with E-state index in [1.807, 2.05) is 6.07 Å². The summed E-state index contributed by atoms with van der Waals surface area (Å²) in [5.41, 5.74) is 8.28. The highest BCUT2D eigenvalue weighted by atomic mass is 35.5. The molecule has 40 heavy (non-hydrogen) atoms. The molecule has 3 atom stereocenters. The first-order chi connectivity index (χ1) is 19.3. The Morgan fingerprint density at radius 1 is 1.32 bits per heavy atom. The minimum atomic E-state index is -0.841. The summed E-state index contributed by atoms with van der Waals surface area (Å²) in [5.74, 6) is -1.85. The fourth-order valence-electron chi connectivity index (χ4n) is 5.90. The number of benzene rings is 2. The second-order valence-corrected chi connectivity index (χ2v) is 11.0. The van der Waals surface area contributed by atoms with E-state index >= 15 is 4.39 Å². The van der Waals surface area contributed by atoms with Gasteiger partial charge in [0, 0.05) is 36.2 Å². The Morgan fingerprint density at radius 2 is 2.12 bits per heavy atom. The van der Waals surface area contributed by atoms with Gasteiger partial charge in [-0.3, -0.25) is 4.79 Å². The fourth-order valence-corrected chi connectivity index (χ4v) is 7.20. The van der Waals surface area contributed by atoms with Crippen LogP contribution in [-0.4, -0.2) is 65.9 Å². The molecule has 1 aromatic heterocycles. The molecule has 0 aliphatic carbocycles. The molecule has 0 bridgehead atoms. The Kier molecular flexibility index (Phi) is 6.31. The third-order valence-corrected chi connectivity index (χ3v) is 9.06. The van der Waals surface area contributed by atoms with E-state index in [-0.39, 0.29) is 79.3 Å². The number of halogens is 3. The molecule has 10 nitrogen and oxygen atoms in total. The standard InChI is InChI=1S/C26H20ClF2N7O3S/c27-21-20(12-1-2-15(28)23-19(12)14(8-31)24(32)40-23)16(29)7-13-22(21)39-10-18-11-3-6-35(26(38)34-33-5-4-30)9-17(11)36(18)25(13)37/h1-2,4-5,7,11,17-18,30H,3,6,9-10,32H2,(H,34,38)/b30-4?,33-5-. The zero-order valence-electron chi connectivity index (χ0n) is 20.6. The van der Waals surface area contributed by atoms with Gasteiger partial charge in [0.25, 0.3) is 5.91 Å². The van der Waals surface area contributed by atoms with E-state index < -0.39 is 23.6 Å². The number of fused-ring (bicyclic) bond motifs is 6. The van der Waals surface area contributed by atoms with Crippen molar-refractivity contribution in [1.82, 2.24) is 15.2 Å². The Balaban J connectivity index is 1.37. The molecule has 0 spiro atoms. The summed E-state index contributed by atoms with van der Waals surface area (Å²) in [6, 6.07) is 4.45. The van der Waals surface area contributed by atoms with Gasteiger partial charge in [-0.15, -0.1) is 11.3 Å². The lowest BCUT2D eigenvalue weighted by atomic mass is 9.75. The first kappa shape index (κ1) is 26.0. The molecule has 14 heteroatoms. The van der Waals surface area contributed by atoms with E-state index in [0.29, 0.717) is 13.0 Å². The number of hydrazone groups is 1. The van der Waals surface area contributed by atoms with Gasteiger partial charge < -0.3 is 25.7 Å². The van der Waals surface area contributed by atoms with Crippen molar-refractivity contribution in [3.8, 4) is 22.9 Å². The third-order valence-electron chi connectivity index (χ3n) is 7.68. The maximum Gasteiger partial charge on any atom is 0.337 e. The summed E-state index contributed by atoms with van der Waals surface area (Å²) in [5, 5.41) is 20.3. The van der Waals surface area contributed by atoms with Gasteiger partial charge >= 0.3 is 6.03 Å². The molecule has 3 aliphatic rings. The maximum absolute atomic E-state index is 15.8. The summed E-state index contributed by atoms with van der Waals surface area (Å²) in [6.45, 7) is 0.824. The summed E-state index contributed by atoms with van der Waals surface area (Å²) >= 11 is 7.59. The molecular formula is C26H20ClF2N7O3S. The number of nitrogens with zero attached hydrogens (tertiary/aromatic N) is 4. The highest BCUT2D eigenvalue weighted by Crippen LogP contribution is 2.49. The van der Waals surface area contributed by atoms with E-state index in [2.05, 4.69) is 10.5 Å². The van der Waals surface area contributed by atoms with E-state index in [1.165, 1.54) is 11.0 Å². The highest BCUT2D eigenvalue weighted by molar-refractivity contribution is 7.23. The SMILES string of the molecule is N#Cc1c(N)sc2c(F)ccc(-c3c(F)cc4c(c3Cl)OCC3C5CCN(C(=O)N/N=C\C=N)CC5N3C4=O)c12. The van der Waals surface area contributed by atoms with Gasteiger partial charge in [-0.1, -0.05) is 17.7 Å². The Morgan fingerprint density at radius 3 is 2.88 bits per heavy atom. The number of rotatable bonds is 3. The molecule has 3 aliphatic heterocycles. The largest absolute Gasteiger partial charge is 0.489 e. The lowest BCUT2D eigenvalue weighted by Crippen LogP contribution is -2.72. The molecule has 3 unspecified atom stereocenters. The number of hydrogen-bond donors (Lipinski definition) is 3. The topological polar surface area (TPSA) is 148 Å². The number of carbonyl (C=O) groups excluding carboxylic acids is 2. The van der Waals surface area contributed by atoms with Crippen molar-refractivity contribution >= 4 is 62.4 Å². The van der Waals surface area contributed by atoms with E-state index in [4.69, 9.17) is 27.5 Å². The summed E-state index contributed by atoms with van der Waals surface area (Å²) in [4.78, 5) is 29.3. The average Bonchev–Trinajstić information content (AvgIpc) is 3.21. The number of carbonyl (C=O) groups is 2. The third kappa shape index (κ3) is 3.78. The van der Waals surface area contributed by atoms with E-state index in [9.17, 15) is 19.2 Å². The van der Waals surface area contributed by atoms with Crippen LogP contribution in [0.25, 0.3) is 21.2 Å². The second kappa shape index (κ2) is 9.72. The van der Waals surface area contributed by atoms with Crippen molar-refractivity contribution < 1.29 is 23.1 Å². The number of anilines is 1. The van der Waals surface area contributed by atoms with Crippen molar-refractivity contribution in [3.05, 3.63) is 46.0 Å². The van der Waals surface area contributed by atoms with Gasteiger partial charge in [0.1, 0.15) is 29.3 Å². The zero-order valence-corrected chi connectivity index (χ0v) is 22.2. The van der Waals surface area contributed by atoms with Crippen LogP contribution in [-0.2, 0) is 0 Å². The van der Waals surface area contributed by atoms with Crippen LogP contribution in [0.1, 0.15) is 22.3 Å². The number of nitrogens with one attached hydrogen (secondary N) is 2. The quantitative estimate of drug-likeness (QED) is 0.312. The number of nitriles is 1. The number of likely N-dealkylation sites (tertiary alicyclic amines) is 1. The lowest BCUT2D eigenvalue weighted by Gasteiger charge is -2.57. The number of amides is 3. The molecule has 4 N–H and O–H groups in total. The normalized spacial score (nSPS) is 21.6. The molecule has 6 rings (SSSR count). The first-order valence-electron chi connectivity index (χ1n) is 12.2. The molecule has 2 aromatic carbocycles. The van der Waals surface area contributed by atoms with Gasteiger partial charge in [-0.25, -0.2) is 19.0 Å². The smallest absolute Gasteiger partial charge is 0.337 e. The van der Waals surface area contributed by atoms with Crippen LogP contribution in [0.4, 0.5) is 18.6 Å². The van der Waals surface area contributed by atoms with Gasteiger partial charge in [0.2, 0.25) is 0 Å². The maximum atomic E-state index is 15.8. The number of nitrogens with two attached hydrogens (primary N) is 1. The van der Waals surface area contributed by atoms with Crippen molar-refractivity contribution in [2.75, 3.05) is 25.4 Å². The molecular weight excluding hydrogens is 564 g/mol. The highest BCUT2D eigenvalue weighted by Gasteiger charge is 2.55. The molecule has 3 amide bonds. The van der Waals surface area contributed by atoms with Crippen molar-refractivity contribution in [2.24, 2.45) is 11.0 Å². The summed E-state index contributed by atoms with van der Waals surface area (Å²) in [7, 11) is 0. The number of thiophene rings is 1. The number of nitrogen functional groups attached to an aromatic ring is 1. The zero-order chi connectivity index (χ0) is 28.3. The molecule has 204 valence electrons. The first-order valence-corrected chi connectivity index (χ1v) is 13.4. The van der Waals surface area contributed by atoms with Crippen LogP contribution in [0.5, 0.6) is 5.75 Å². The van der Waals surface area contributed by atoms with Crippen LogP contribution < -0.4 is 15.9 Å². The lowest BCUT2D eigenvalue weighted by molar-refractivity contribution is -0.0778. The predicted molar refractivity (Wildman–Crippen MR) is 146 cm³/mol.